The Balaban J connectivity index is 1.48. The normalized spacial score (nSPS) is 17.8. The summed E-state index contributed by atoms with van der Waals surface area (Å²) in [5, 5.41) is 3.57. The SMILES string of the molecule is c1cn(CCCNCC2CCSCC2)cn1. The fraction of sp³-hybridized carbons (Fsp3) is 0.750. The molecular weight excluding hydrogens is 218 g/mol. The minimum atomic E-state index is 0.925. The van der Waals surface area contributed by atoms with E-state index in [4.69, 9.17) is 0 Å². The summed E-state index contributed by atoms with van der Waals surface area (Å²) in [4.78, 5) is 4.03. The van der Waals surface area contributed by atoms with Gasteiger partial charge >= 0.3 is 0 Å². The Morgan fingerprint density at radius 1 is 1.38 bits per heavy atom. The first-order chi connectivity index (χ1) is 7.95. The van der Waals surface area contributed by atoms with Crippen LogP contribution in [0, 0.1) is 5.92 Å². The van der Waals surface area contributed by atoms with E-state index >= 15 is 0 Å². The van der Waals surface area contributed by atoms with E-state index in [9.17, 15) is 0 Å². The van der Waals surface area contributed by atoms with Gasteiger partial charge in [-0.05, 0) is 49.8 Å². The van der Waals surface area contributed by atoms with Gasteiger partial charge in [-0.25, -0.2) is 4.98 Å². The van der Waals surface area contributed by atoms with Crippen molar-refractivity contribution >= 4 is 11.8 Å². The summed E-state index contributed by atoms with van der Waals surface area (Å²) in [6.45, 7) is 3.42. The average molecular weight is 239 g/mol. The van der Waals surface area contributed by atoms with Crippen LogP contribution in [0.2, 0.25) is 0 Å². The molecule has 0 bridgehead atoms. The van der Waals surface area contributed by atoms with Crippen LogP contribution in [-0.2, 0) is 6.54 Å². The van der Waals surface area contributed by atoms with E-state index in [-0.39, 0.29) is 0 Å². The topological polar surface area (TPSA) is 29.9 Å². The summed E-state index contributed by atoms with van der Waals surface area (Å²) in [6, 6.07) is 0. The second kappa shape index (κ2) is 6.97. The monoisotopic (exact) mass is 239 g/mol. The summed E-state index contributed by atoms with van der Waals surface area (Å²) in [6.07, 6.45) is 9.75. The van der Waals surface area contributed by atoms with Crippen molar-refractivity contribution in [1.82, 2.24) is 14.9 Å². The van der Waals surface area contributed by atoms with Gasteiger partial charge in [0.2, 0.25) is 0 Å². The van der Waals surface area contributed by atoms with Gasteiger partial charge in [0.15, 0.2) is 0 Å². The molecule has 0 saturated carbocycles. The Morgan fingerprint density at radius 2 is 2.25 bits per heavy atom. The van der Waals surface area contributed by atoms with Crippen molar-refractivity contribution in [3.63, 3.8) is 0 Å². The lowest BCUT2D eigenvalue weighted by atomic mass is 10.0. The summed E-state index contributed by atoms with van der Waals surface area (Å²) in [7, 11) is 0. The van der Waals surface area contributed by atoms with E-state index in [2.05, 4.69) is 26.6 Å². The van der Waals surface area contributed by atoms with Gasteiger partial charge < -0.3 is 9.88 Å². The first-order valence-electron chi connectivity index (χ1n) is 6.19. The van der Waals surface area contributed by atoms with Crippen LogP contribution in [0.3, 0.4) is 0 Å². The molecule has 1 aliphatic rings. The summed E-state index contributed by atoms with van der Waals surface area (Å²) in [5.41, 5.74) is 0. The smallest absolute Gasteiger partial charge is 0.0945 e. The van der Waals surface area contributed by atoms with Gasteiger partial charge in [-0.1, -0.05) is 0 Å². The number of rotatable bonds is 6. The van der Waals surface area contributed by atoms with Crippen molar-refractivity contribution in [2.24, 2.45) is 5.92 Å². The second-order valence-corrected chi connectivity index (χ2v) is 5.64. The van der Waals surface area contributed by atoms with Crippen molar-refractivity contribution in [1.29, 1.82) is 0 Å². The van der Waals surface area contributed by atoms with Crippen LogP contribution in [-0.4, -0.2) is 34.1 Å². The van der Waals surface area contributed by atoms with Gasteiger partial charge in [0.25, 0.3) is 0 Å². The molecule has 0 radical (unpaired) electrons. The minimum Gasteiger partial charge on any atom is -0.337 e. The van der Waals surface area contributed by atoms with Crippen molar-refractivity contribution in [3.8, 4) is 0 Å². The standard InChI is InChI=1S/C12H21N3S/c1(6-15-7-5-14-11-15)4-13-10-12-2-8-16-9-3-12/h5,7,11-13H,1-4,6,8-10H2. The number of thioether (sulfide) groups is 1. The van der Waals surface area contributed by atoms with Gasteiger partial charge in [-0.15, -0.1) is 0 Å². The third-order valence-electron chi connectivity index (χ3n) is 3.10. The van der Waals surface area contributed by atoms with Gasteiger partial charge in [0.1, 0.15) is 0 Å². The van der Waals surface area contributed by atoms with Crippen molar-refractivity contribution in [2.75, 3.05) is 24.6 Å². The largest absolute Gasteiger partial charge is 0.337 e. The number of nitrogens with zero attached hydrogens (tertiary/aromatic N) is 2. The summed E-state index contributed by atoms with van der Waals surface area (Å²) in [5.74, 6) is 3.65. The van der Waals surface area contributed by atoms with Crippen LogP contribution < -0.4 is 5.32 Å². The Kier molecular flexibility index (Phi) is 5.22. The van der Waals surface area contributed by atoms with E-state index in [0.717, 1.165) is 19.0 Å². The van der Waals surface area contributed by atoms with Crippen LogP contribution >= 0.6 is 11.8 Å². The molecule has 4 heteroatoms. The number of imidazole rings is 1. The Labute approximate surface area is 102 Å². The molecule has 1 aromatic heterocycles. The van der Waals surface area contributed by atoms with Crippen LogP contribution in [0.5, 0.6) is 0 Å². The molecule has 0 aromatic carbocycles. The highest BCUT2D eigenvalue weighted by Crippen LogP contribution is 2.21. The van der Waals surface area contributed by atoms with Crippen molar-refractivity contribution in [3.05, 3.63) is 18.7 Å². The number of aromatic nitrogens is 2. The lowest BCUT2D eigenvalue weighted by Crippen LogP contribution is -2.26. The number of hydrogen-bond acceptors (Lipinski definition) is 3. The fourth-order valence-corrected chi connectivity index (χ4v) is 3.27. The minimum absolute atomic E-state index is 0.925. The highest BCUT2D eigenvalue weighted by molar-refractivity contribution is 7.99. The van der Waals surface area contributed by atoms with Crippen LogP contribution in [0.4, 0.5) is 0 Å². The molecule has 1 fully saturated rings. The third-order valence-corrected chi connectivity index (χ3v) is 4.15. The van der Waals surface area contributed by atoms with E-state index in [1.165, 1.54) is 37.3 Å². The third kappa shape index (κ3) is 4.18. The molecule has 3 nitrogen and oxygen atoms in total. The predicted molar refractivity (Wildman–Crippen MR) is 69.8 cm³/mol. The summed E-state index contributed by atoms with van der Waals surface area (Å²) < 4.78 is 2.14. The molecule has 16 heavy (non-hydrogen) atoms. The molecule has 90 valence electrons. The zero-order valence-electron chi connectivity index (χ0n) is 9.77. The maximum absolute atomic E-state index is 4.03. The van der Waals surface area contributed by atoms with E-state index in [1.807, 2.05) is 18.7 Å². The van der Waals surface area contributed by atoms with E-state index < -0.39 is 0 Å². The summed E-state index contributed by atoms with van der Waals surface area (Å²) >= 11 is 2.10. The maximum atomic E-state index is 4.03. The quantitative estimate of drug-likeness (QED) is 0.770. The molecule has 1 aromatic rings. The molecule has 1 aliphatic heterocycles. The van der Waals surface area contributed by atoms with E-state index in [0.29, 0.717) is 0 Å². The lowest BCUT2D eigenvalue weighted by molar-refractivity contribution is 0.440. The van der Waals surface area contributed by atoms with Crippen LogP contribution in [0.15, 0.2) is 18.7 Å². The number of hydrogen-bond donors (Lipinski definition) is 1. The molecule has 2 heterocycles. The van der Waals surface area contributed by atoms with Crippen molar-refractivity contribution in [2.45, 2.75) is 25.8 Å². The second-order valence-electron chi connectivity index (χ2n) is 4.41. The Hall–Kier alpha value is -0.480. The zero-order valence-corrected chi connectivity index (χ0v) is 10.6. The van der Waals surface area contributed by atoms with Gasteiger partial charge in [0.05, 0.1) is 6.33 Å². The Bertz CT molecular complexity index is 268. The molecule has 0 aliphatic carbocycles. The average Bonchev–Trinajstić information content (AvgIpc) is 2.83. The molecule has 0 unspecified atom stereocenters. The van der Waals surface area contributed by atoms with Crippen LogP contribution in [0.1, 0.15) is 19.3 Å². The number of aryl methyl sites for hydroxylation is 1. The fourth-order valence-electron chi connectivity index (χ4n) is 2.06. The molecular formula is C12H21N3S. The van der Waals surface area contributed by atoms with Crippen molar-refractivity contribution < 1.29 is 0 Å². The predicted octanol–water partition coefficient (Wildman–Crippen LogP) is 2.01. The molecule has 1 saturated heterocycles. The first kappa shape index (κ1) is 12.0. The van der Waals surface area contributed by atoms with Crippen LogP contribution in [0.25, 0.3) is 0 Å². The van der Waals surface area contributed by atoms with Gasteiger partial charge in [-0.2, -0.15) is 11.8 Å². The molecule has 1 N–H and O–H groups in total. The Morgan fingerprint density at radius 3 is 3.00 bits per heavy atom. The number of nitrogens with one attached hydrogen (secondary N) is 1. The first-order valence-corrected chi connectivity index (χ1v) is 7.35. The molecule has 2 rings (SSSR count). The zero-order chi connectivity index (χ0) is 11.1. The lowest BCUT2D eigenvalue weighted by Gasteiger charge is -2.21. The molecule has 0 atom stereocenters. The molecule has 0 spiro atoms. The van der Waals surface area contributed by atoms with Gasteiger partial charge in [0, 0.05) is 18.9 Å². The highest BCUT2D eigenvalue weighted by Gasteiger charge is 2.12. The maximum Gasteiger partial charge on any atom is 0.0945 e. The van der Waals surface area contributed by atoms with E-state index in [1.54, 1.807) is 0 Å². The highest BCUT2D eigenvalue weighted by atomic mass is 32.2. The van der Waals surface area contributed by atoms with Gasteiger partial charge in [-0.3, -0.25) is 0 Å². The molecule has 0 amide bonds.